The first-order valence-corrected chi connectivity index (χ1v) is 6.08. The van der Waals surface area contributed by atoms with Gasteiger partial charge in [0, 0.05) is 9.75 Å². The summed E-state index contributed by atoms with van der Waals surface area (Å²) in [6.45, 7) is 0.711. The highest BCUT2D eigenvalue weighted by Crippen LogP contribution is 2.29. The van der Waals surface area contributed by atoms with Gasteiger partial charge in [-0.05, 0) is 54.9 Å². The number of benzene rings is 1. The number of nitrogens with two attached hydrogens (primary N) is 1. The molecule has 0 atom stereocenters. The minimum absolute atomic E-state index is 0.711. The Balaban J connectivity index is 2.21. The molecule has 2 aromatic rings. The standard InChI is InChI=1S/C13H15NOS/c1-15-11-4-2-10(3-5-11)13-7-6-12(16-13)8-9-14/h2-7H,8-9,14H2,1H3. The monoisotopic (exact) mass is 233 g/mol. The Morgan fingerprint density at radius 3 is 2.50 bits per heavy atom. The highest BCUT2D eigenvalue weighted by Gasteiger charge is 2.02. The largest absolute Gasteiger partial charge is 0.497 e. The van der Waals surface area contributed by atoms with Crippen LogP contribution in [0.4, 0.5) is 0 Å². The lowest BCUT2D eigenvalue weighted by atomic mass is 10.2. The Bertz CT molecular complexity index is 447. The number of hydrogen-bond donors (Lipinski definition) is 1. The zero-order chi connectivity index (χ0) is 11.4. The van der Waals surface area contributed by atoms with Gasteiger partial charge >= 0.3 is 0 Å². The molecule has 3 heteroatoms. The molecule has 1 aromatic heterocycles. The maximum absolute atomic E-state index is 5.54. The van der Waals surface area contributed by atoms with Crippen LogP contribution < -0.4 is 10.5 Å². The van der Waals surface area contributed by atoms with E-state index in [1.807, 2.05) is 12.1 Å². The van der Waals surface area contributed by atoms with Crippen LogP contribution in [0.1, 0.15) is 4.88 Å². The van der Waals surface area contributed by atoms with E-state index in [0.29, 0.717) is 6.54 Å². The second kappa shape index (κ2) is 5.14. The van der Waals surface area contributed by atoms with Gasteiger partial charge in [0.15, 0.2) is 0 Å². The Kier molecular flexibility index (Phi) is 3.59. The van der Waals surface area contributed by atoms with E-state index in [0.717, 1.165) is 12.2 Å². The van der Waals surface area contributed by atoms with Gasteiger partial charge in [-0.1, -0.05) is 0 Å². The second-order valence-corrected chi connectivity index (χ2v) is 4.70. The molecule has 2 rings (SSSR count). The van der Waals surface area contributed by atoms with Gasteiger partial charge in [-0.15, -0.1) is 11.3 Å². The van der Waals surface area contributed by atoms with Crippen molar-refractivity contribution in [3.05, 3.63) is 41.3 Å². The maximum atomic E-state index is 5.54. The molecule has 0 aliphatic carbocycles. The molecule has 0 aliphatic rings. The molecule has 84 valence electrons. The Labute approximate surface area is 99.7 Å². The number of rotatable bonds is 4. The topological polar surface area (TPSA) is 35.2 Å². The SMILES string of the molecule is COc1ccc(-c2ccc(CCN)s2)cc1. The highest BCUT2D eigenvalue weighted by atomic mass is 32.1. The van der Waals surface area contributed by atoms with E-state index < -0.39 is 0 Å². The van der Waals surface area contributed by atoms with E-state index in [9.17, 15) is 0 Å². The molecule has 0 aliphatic heterocycles. The number of hydrogen-bond acceptors (Lipinski definition) is 3. The normalized spacial score (nSPS) is 10.4. The van der Waals surface area contributed by atoms with Gasteiger partial charge in [-0.2, -0.15) is 0 Å². The molecule has 0 unspecified atom stereocenters. The molecule has 0 bridgehead atoms. The Hall–Kier alpha value is -1.32. The lowest BCUT2D eigenvalue weighted by Gasteiger charge is -2.00. The first kappa shape index (κ1) is 11.2. The first-order valence-electron chi connectivity index (χ1n) is 5.26. The quantitative estimate of drug-likeness (QED) is 0.881. The predicted octanol–water partition coefficient (Wildman–Crippen LogP) is 2.92. The fourth-order valence-corrected chi connectivity index (χ4v) is 2.59. The molecule has 2 N–H and O–H groups in total. The fourth-order valence-electron chi connectivity index (χ4n) is 1.56. The summed E-state index contributed by atoms with van der Waals surface area (Å²) in [4.78, 5) is 2.62. The van der Waals surface area contributed by atoms with Crippen molar-refractivity contribution in [3.8, 4) is 16.2 Å². The van der Waals surface area contributed by atoms with E-state index in [-0.39, 0.29) is 0 Å². The van der Waals surface area contributed by atoms with E-state index in [4.69, 9.17) is 10.5 Å². The van der Waals surface area contributed by atoms with Crippen molar-refractivity contribution in [2.24, 2.45) is 5.73 Å². The molecule has 0 amide bonds. The highest BCUT2D eigenvalue weighted by molar-refractivity contribution is 7.15. The van der Waals surface area contributed by atoms with Crippen LogP contribution in [0.2, 0.25) is 0 Å². The van der Waals surface area contributed by atoms with E-state index >= 15 is 0 Å². The lowest BCUT2D eigenvalue weighted by Crippen LogP contribution is -2.00. The summed E-state index contributed by atoms with van der Waals surface area (Å²) < 4.78 is 5.14. The Morgan fingerprint density at radius 2 is 1.88 bits per heavy atom. The maximum Gasteiger partial charge on any atom is 0.118 e. The van der Waals surface area contributed by atoms with E-state index in [2.05, 4.69) is 24.3 Å². The van der Waals surface area contributed by atoms with E-state index in [1.54, 1.807) is 18.4 Å². The van der Waals surface area contributed by atoms with Crippen molar-refractivity contribution < 1.29 is 4.74 Å². The third-order valence-corrected chi connectivity index (χ3v) is 3.62. The molecule has 0 fully saturated rings. The van der Waals surface area contributed by atoms with Crippen molar-refractivity contribution in [2.45, 2.75) is 6.42 Å². The molecule has 1 heterocycles. The number of ether oxygens (including phenoxy) is 1. The number of thiophene rings is 1. The van der Waals surface area contributed by atoms with Crippen molar-refractivity contribution in [1.29, 1.82) is 0 Å². The molecule has 1 aromatic carbocycles. The van der Waals surface area contributed by atoms with Crippen LogP contribution in [0.25, 0.3) is 10.4 Å². The van der Waals surface area contributed by atoms with Crippen molar-refractivity contribution in [3.63, 3.8) is 0 Å². The van der Waals surface area contributed by atoms with Crippen LogP contribution in [0.5, 0.6) is 5.75 Å². The van der Waals surface area contributed by atoms with Gasteiger partial charge in [0.1, 0.15) is 5.75 Å². The van der Waals surface area contributed by atoms with Crippen molar-refractivity contribution in [2.75, 3.05) is 13.7 Å². The molecular weight excluding hydrogens is 218 g/mol. The van der Waals surface area contributed by atoms with Gasteiger partial charge in [-0.3, -0.25) is 0 Å². The van der Waals surface area contributed by atoms with Crippen LogP contribution in [-0.2, 0) is 6.42 Å². The molecule has 0 spiro atoms. The summed E-state index contributed by atoms with van der Waals surface area (Å²) in [5, 5.41) is 0. The molecule has 0 radical (unpaired) electrons. The van der Waals surface area contributed by atoms with Crippen LogP contribution in [0.3, 0.4) is 0 Å². The predicted molar refractivity (Wildman–Crippen MR) is 69.1 cm³/mol. The second-order valence-electron chi connectivity index (χ2n) is 3.53. The van der Waals surface area contributed by atoms with Crippen LogP contribution >= 0.6 is 11.3 Å². The van der Waals surface area contributed by atoms with Gasteiger partial charge in [-0.25, -0.2) is 0 Å². The molecule has 2 nitrogen and oxygen atoms in total. The number of methoxy groups -OCH3 is 1. The molecule has 0 saturated heterocycles. The van der Waals surface area contributed by atoms with Gasteiger partial charge in [0.05, 0.1) is 7.11 Å². The van der Waals surface area contributed by atoms with Crippen molar-refractivity contribution in [1.82, 2.24) is 0 Å². The summed E-state index contributed by atoms with van der Waals surface area (Å²) in [5.41, 5.74) is 6.77. The zero-order valence-corrected chi connectivity index (χ0v) is 10.1. The smallest absolute Gasteiger partial charge is 0.118 e. The third kappa shape index (κ3) is 2.43. The summed E-state index contributed by atoms with van der Waals surface area (Å²) in [6.07, 6.45) is 0.959. The average Bonchev–Trinajstić information content (AvgIpc) is 2.78. The summed E-state index contributed by atoms with van der Waals surface area (Å²) in [6, 6.07) is 12.4. The molecule has 16 heavy (non-hydrogen) atoms. The van der Waals surface area contributed by atoms with Crippen LogP contribution in [0, 0.1) is 0 Å². The first-order chi connectivity index (χ1) is 7.83. The summed E-state index contributed by atoms with van der Waals surface area (Å²) in [7, 11) is 1.68. The van der Waals surface area contributed by atoms with E-state index in [1.165, 1.54) is 15.3 Å². The summed E-state index contributed by atoms with van der Waals surface area (Å²) >= 11 is 1.80. The van der Waals surface area contributed by atoms with Gasteiger partial charge in [0.2, 0.25) is 0 Å². The lowest BCUT2D eigenvalue weighted by molar-refractivity contribution is 0.415. The Morgan fingerprint density at radius 1 is 1.12 bits per heavy atom. The van der Waals surface area contributed by atoms with Crippen LogP contribution in [-0.4, -0.2) is 13.7 Å². The van der Waals surface area contributed by atoms with Gasteiger partial charge in [0.25, 0.3) is 0 Å². The van der Waals surface area contributed by atoms with Crippen LogP contribution in [0.15, 0.2) is 36.4 Å². The fraction of sp³-hybridized carbons (Fsp3) is 0.231. The molecule has 0 saturated carbocycles. The minimum atomic E-state index is 0.711. The van der Waals surface area contributed by atoms with Crippen molar-refractivity contribution >= 4 is 11.3 Å². The van der Waals surface area contributed by atoms with Gasteiger partial charge < -0.3 is 10.5 Å². The summed E-state index contributed by atoms with van der Waals surface area (Å²) in [5.74, 6) is 0.891. The minimum Gasteiger partial charge on any atom is -0.497 e. The molecular formula is C13H15NOS. The third-order valence-electron chi connectivity index (χ3n) is 2.43. The average molecular weight is 233 g/mol. The zero-order valence-electron chi connectivity index (χ0n) is 9.27.